The lowest BCUT2D eigenvalue weighted by molar-refractivity contribution is 0.403. The molecule has 112 valence electrons. The van der Waals surface area contributed by atoms with Crippen molar-refractivity contribution in [1.82, 2.24) is 5.32 Å². The van der Waals surface area contributed by atoms with Gasteiger partial charge in [-0.25, -0.2) is 0 Å². The second-order valence-corrected chi connectivity index (χ2v) is 5.47. The Morgan fingerprint density at radius 2 is 2.05 bits per heavy atom. The van der Waals surface area contributed by atoms with Gasteiger partial charge in [-0.1, -0.05) is 18.5 Å². The predicted molar refractivity (Wildman–Crippen MR) is 83.4 cm³/mol. The van der Waals surface area contributed by atoms with E-state index in [-0.39, 0.29) is 0 Å². The van der Waals surface area contributed by atoms with Gasteiger partial charge in [-0.3, -0.25) is 0 Å². The molecule has 1 fully saturated rings. The Morgan fingerprint density at radius 1 is 1.30 bits per heavy atom. The topological polar surface area (TPSA) is 33.7 Å². The summed E-state index contributed by atoms with van der Waals surface area (Å²) in [5.74, 6) is 2.18. The number of hydrogen-bond donors (Lipinski definition) is 1. The molecule has 2 rings (SSSR count). The molecule has 1 aromatic carbocycles. The van der Waals surface area contributed by atoms with Crippen molar-refractivity contribution in [2.24, 2.45) is 5.92 Å². The summed E-state index contributed by atoms with van der Waals surface area (Å²) >= 11 is 6.15. The molecule has 20 heavy (non-hydrogen) atoms. The van der Waals surface area contributed by atoms with E-state index >= 15 is 0 Å². The third-order valence-corrected chi connectivity index (χ3v) is 4.06. The van der Waals surface area contributed by atoms with Crippen LogP contribution in [-0.4, -0.2) is 40.4 Å². The number of ether oxygens (including phenoxy) is 2. The monoisotopic (exact) mass is 298 g/mol. The zero-order valence-electron chi connectivity index (χ0n) is 12.4. The Morgan fingerprint density at radius 3 is 2.70 bits per heavy atom. The SMILES string of the molecule is CCNCC1CCN(c2cc(OC)c(Cl)cc2OC)C1. The molecule has 0 aromatic heterocycles. The lowest BCUT2D eigenvalue weighted by Crippen LogP contribution is -2.26. The molecule has 1 atom stereocenters. The van der Waals surface area contributed by atoms with Crippen LogP contribution in [0.15, 0.2) is 12.1 Å². The van der Waals surface area contributed by atoms with Gasteiger partial charge in [0.15, 0.2) is 0 Å². The van der Waals surface area contributed by atoms with Gasteiger partial charge in [0, 0.05) is 25.2 Å². The molecule has 0 radical (unpaired) electrons. The molecule has 0 saturated carbocycles. The van der Waals surface area contributed by atoms with Crippen molar-refractivity contribution in [2.75, 3.05) is 45.3 Å². The number of halogens is 1. The maximum Gasteiger partial charge on any atom is 0.143 e. The summed E-state index contributed by atoms with van der Waals surface area (Å²) in [6.45, 7) is 6.31. The lowest BCUT2D eigenvalue weighted by atomic mass is 10.1. The highest BCUT2D eigenvalue weighted by Gasteiger charge is 2.25. The van der Waals surface area contributed by atoms with Crippen LogP contribution in [-0.2, 0) is 0 Å². The van der Waals surface area contributed by atoms with Crippen molar-refractivity contribution in [3.05, 3.63) is 17.2 Å². The summed E-state index contributed by atoms with van der Waals surface area (Å²) in [7, 11) is 3.31. The van der Waals surface area contributed by atoms with E-state index in [1.54, 1.807) is 14.2 Å². The minimum atomic E-state index is 0.580. The molecule has 1 heterocycles. The molecular weight excluding hydrogens is 276 g/mol. The Bertz CT molecular complexity index is 454. The second-order valence-electron chi connectivity index (χ2n) is 5.07. The van der Waals surface area contributed by atoms with Crippen LogP contribution in [0.4, 0.5) is 5.69 Å². The summed E-state index contributed by atoms with van der Waals surface area (Å²) in [5.41, 5.74) is 1.06. The highest BCUT2D eigenvalue weighted by atomic mass is 35.5. The van der Waals surface area contributed by atoms with Gasteiger partial charge >= 0.3 is 0 Å². The van der Waals surface area contributed by atoms with Crippen LogP contribution in [0.5, 0.6) is 11.5 Å². The van der Waals surface area contributed by atoms with Crippen LogP contribution in [0.1, 0.15) is 13.3 Å². The molecule has 1 aliphatic heterocycles. The average Bonchev–Trinajstić information content (AvgIpc) is 2.93. The first kappa shape index (κ1) is 15.3. The average molecular weight is 299 g/mol. The Balaban J connectivity index is 2.16. The lowest BCUT2D eigenvalue weighted by Gasteiger charge is -2.22. The van der Waals surface area contributed by atoms with Crippen LogP contribution in [0.2, 0.25) is 5.02 Å². The maximum absolute atomic E-state index is 6.15. The first-order valence-corrected chi connectivity index (χ1v) is 7.44. The zero-order chi connectivity index (χ0) is 14.5. The Kier molecular flexibility index (Phi) is 5.38. The first-order valence-electron chi connectivity index (χ1n) is 7.06. The highest BCUT2D eigenvalue weighted by Crippen LogP contribution is 2.39. The van der Waals surface area contributed by atoms with Crippen LogP contribution in [0, 0.1) is 5.92 Å². The van der Waals surface area contributed by atoms with Gasteiger partial charge in [0.25, 0.3) is 0 Å². The molecular formula is C15H23ClN2O2. The first-order chi connectivity index (χ1) is 9.69. The van der Waals surface area contributed by atoms with Gasteiger partial charge in [0.2, 0.25) is 0 Å². The van der Waals surface area contributed by atoms with Gasteiger partial charge in [-0.05, 0) is 25.4 Å². The Labute approximate surface area is 126 Å². The number of hydrogen-bond acceptors (Lipinski definition) is 4. The highest BCUT2D eigenvalue weighted by molar-refractivity contribution is 6.32. The third-order valence-electron chi connectivity index (χ3n) is 3.76. The molecule has 0 amide bonds. The van der Waals surface area contributed by atoms with Gasteiger partial charge in [0.1, 0.15) is 11.5 Å². The summed E-state index contributed by atoms with van der Waals surface area (Å²) in [4.78, 5) is 2.35. The number of rotatable bonds is 6. The molecule has 4 nitrogen and oxygen atoms in total. The fraction of sp³-hybridized carbons (Fsp3) is 0.600. The molecule has 0 spiro atoms. The minimum Gasteiger partial charge on any atom is -0.495 e. The summed E-state index contributed by atoms with van der Waals surface area (Å²) < 4.78 is 10.8. The third kappa shape index (κ3) is 3.30. The largest absolute Gasteiger partial charge is 0.495 e. The number of nitrogens with zero attached hydrogens (tertiary/aromatic N) is 1. The molecule has 1 aromatic rings. The van der Waals surface area contributed by atoms with Crippen molar-refractivity contribution in [3.8, 4) is 11.5 Å². The number of anilines is 1. The number of nitrogens with one attached hydrogen (secondary N) is 1. The van der Waals surface area contributed by atoms with E-state index in [1.165, 1.54) is 6.42 Å². The van der Waals surface area contributed by atoms with Crippen LogP contribution in [0.25, 0.3) is 0 Å². The predicted octanol–water partition coefficient (Wildman–Crippen LogP) is 2.79. The zero-order valence-corrected chi connectivity index (χ0v) is 13.2. The van der Waals surface area contributed by atoms with E-state index in [0.717, 1.165) is 37.6 Å². The summed E-state index contributed by atoms with van der Waals surface area (Å²) in [6.07, 6.45) is 1.20. The van der Waals surface area contributed by atoms with E-state index in [4.69, 9.17) is 21.1 Å². The van der Waals surface area contributed by atoms with E-state index in [0.29, 0.717) is 16.7 Å². The molecule has 1 N–H and O–H groups in total. The van der Waals surface area contributed by atoms with Gasteiger partial charge in [-0.2, -0.15) is 0 Å². The smallest absolute Gasteiger partial charge is 0.143 e. The van der Waals surface area contributed by atoms with Gasteiger partial charge in [-0.15, -0.1) is 0 Å². The number of methoxy groups -OCH3 is 2. The fourth-order valence-corrected chi connectivity index (χ4v) is 2.89. The molecule has 1 aliphatic rings. The van der Waals surface area contributed by atoms with Crippen molar-refractivity contribution >= 4 is 17.3 Å². The van der Waals surface area contributed by atoms with Gasteiger partial charge in [0.05, 0.1) is 24.9 Å². The molecule has 5 heteroatoms. The van der Waals surface area contributed by atoms with E-state index in [9.17, 15) is 0 Å². The van der Waals surface area contributed by atoms with Crippen molar-refractivity contribution in [1.29, 1.82) is 0 Å². The maximum atomic E-state index is 6.15. The molecule has 1 unspecified atom stereocenters. The minimum absolute atomic E-state index is 0.580. The standard InChI is InChI=1S/C15H23ClN2O2/c1-4-17-9-11-5-6-18(10-11)13-8-14(19-2)12(16)7-15(13)20-3/h7-8,11,17H,4-6,9-10H2,1-3H3. The molecule has 1 saturated heterocycles. The van der Waals surface area contributed by atoms with Crippen LogP contribution >= 0.6 is 11.6 Å². The summed E-state index contributed by atoms with van der Waals surface area (Å²) in [6, 6.07) is 3.80. The fourth-order valence-electron chi connectivity index (χ4n) is 2.66. The van der Waals surface area contributed by atoms with E-state index < -0.39 is 0 Å². The summed E-state index contributed by atoms with van der Waals surface area (Å²) in [5, 5.41) is 4.00. The molecule has 0 aliphatic carbocycles. The normalized spacial score (nSPS) is 18.4. The van der Waals surface area contributed by atoms with Crippen LogP contribution < -0.4 is 19.7 Å². The Hall–Kier alpha value is -1.13. The van der Waals surface area contributed by atoms with E-state index in [1.807, 2.05) is 12.1 Å². The van der Waals surface area contributed by atoms with Crippen molar-refractivity contribution < 1.29 is 9.47 Å². The van der Waals surface area contributed by atoms with Crippen molar-refractivity contribution in [2.45, 2.75) is 13.3 Å². The number of benzene rings is 1. The van der Waals surface area contributed by atoms with Gasteiger partial charge < -0.3 is 19.7 Å². The van der Waals surface area contributed by atoms with E-state index in [2.05, 4.69) is 17.1 Å². The van der Waals surface area contributed by atoms with Crippen LogP contribution in [0.3, 0.4) is 0 Å². The quantitative estimate of drug-likeness (QED) is 0.875. The van der Waals surface area contributed by atoms with Crippen molar-refractivity contribution in [3.63, 3.8) is 0 Å². The molecule has 0 bridgehead atoms. The second kappa shape index (κ2) is 7.04.